The van der Waals surface area contributed by atoms with Gasteiger partial charge in [-0.15, -0.1) is 11.3 Å². The predicted molar refractivity (Wildman–Crippen MR) is 137 cm³/mol. The van der Waals surface area contributed by atoms with Gasteiger partial charge in [0.05, 0.1) is 5.51 Å². The van der Waals surface area contributed by atoms with Crippen molar-refractivity contribution < 1.29 is 36.6 Å². The molecule has 0 saturated carbocycles. The summed E-state index contributed by atoms with van der Waals surface area (Å²) in [7, 11) is 2.00. The number of thiazole rings is 1. The molecule has 4 heterocycles. The number of fused-ring (bicyclic) bond motifs is 1. The Hall–Kier alpha value is -4.18. The summed E-state index contributed by atoms with van der Waals surface area (Å²) in [6.07, 6.45) is -8.16. The molecule has 3 N–H and O–H groups in total. The number of piperazine rings is 1. The Labute approximate surface area is 229 Å². The van der Waals surface area contributed by atoms with Crippen molar-refractivity contribution in [2.24, 2.45) is 0 Å². The molecule has 0 radical (unpaired) electrons. The zero-order valence-electron chi connectivity index (χ0n) is 20.9. The number of benzene rings is 1. The number of nitrogens with one attached hydrogen (secondary N) is 3. The zero-order valence-corrected chi connectivity index (χ0v) is 21.7. The van der Waals surface area contributed by atoms with Crippen LogP contribution >= 0.6 is 11.3 Å². The van der Waals surface area contributed by atoms with Crippen LogP contribution < -0.4 is 25.4 Å². The van der Waals surface area contributed by atoms with Crippen LogP contribution in [-0.4, -0.2) is 77.1 Å². The molecule has 0 atom stereocenters. The molecular weight excluding hydrogens is 558 g/mol. The number of alkyl halides is 4. The number of rotatable bonds is 6. The minimum absolute atomic E-state index is 0.0163. The van der Waals surface area contributed by atoms with E-state index in [9.17, 15) is 27.2 Å². The summed E-state index contributed by atoms with van der Waals surface area (Å²) in [6, 6.07) is 6.35. The number of amides is 3. The van der Waals surface area contributed by atoms with Crippen LogP contribution in [-0.2, 0) is 6.54 Å². The second-order valence-corrected chi connectivity index (χ2v) is 9.86. The third-order valence-electron chi connectivity index (χ3n) is 6.10. The number of halogens is 4. The van der Waals surface area contributed by atoms with E-state index in [0.29, 0.717) is 18.9 Å². The van der Waals surface area contributed by atoms with Crippen LogP contribution in [0.25, 0.3) is 0 Å². The van der Waals surface area contributed by atoms with Crippen molar-refractivity contribution in [2.75, 3.05) is 49.2 Å². The van der Waals surface area contributed by atoms with Crippen molar-refractivity contribution in [3.05, 3.63) is 52.5 Å². The normalized spacial score (nSPS) is 17.7. The van der Waals surface area contributed by atoms with Gasteiger partial charge in [-0.25, -0.2) is 14.8 Å². The summed E-state index contributed by atoms with van der Waals surface area (Å²) < 4.78 is 61.9. The lowest BCUT2D eigenvalue weighted by molar-refractivity contribution is -0.391. The number of pyridine rings is 1. The fourth-order valence-corrected chi connectivity index (χ4v) is 4.56. The molecule has 212 valence electrons. The van der Waals surface area contributed by atoms with Gasteiger partial charge in [0.1, 0.15) is 16.5 Å². The highest BCUT2D eigenvalue weighted by Crippen LogP contribution is 2.47. The Bertz CT molecular complexity index is 1420. The number of aromatic nitrogens is 2. The monoisotopic (exact) mass is 581 g/mol. The smallest absolute Gasteiger partial charge is 0.421 e. The van der Waals surface area contributed by atoms with Crippen molar-refractivity contribution in [2.45, 2.75) is 18.8 Å². The summed E-state index contributed by atoms with van der Waals surface area (Å²) in [5, 5.41) is 8.35. The van der Waals surface area contributed by atoms with E-state index in [1.54, 1.807) is 23.2 Å². The molecule has 1 saturated heterocycles. The first-order valence-corrected chi connectivity index (χ1v) is 12.8. The lowest BCUT2D eigenvalue weighted by atomic mass is 10.2. The Morgan fingerprint density at radius 2 is 1.70 bits per heavy atom. The van der Waals surface area contributed by atoms with E-state index in [2.05, 4.69) is 40.3 Å². The number of urea groups is 1. The maximum Gasteiger partial charge on any atom is 0.507 e. The number of hydrogen-bond donors (Lipinski definition) is 3. The molecule has 0 spiro atoms. The Balaban J connectivity index is 1.20. The van der Waals surface area contributed by atoms with Crippen molar-refractivity contribution in [1.82, 2.24) is 19.8 Å². The molecule has 40 heavy (non-hydrogen) atoms. The van der Waals surface area contributed by atoms with E-state index < -0.39 is 29.6 Å². The van der Waals surface area contributed by atoms with Crippen LogP contribution in [0.4, 0.5) is 39.7 Å². The van der Waals surface area contributed by atoms with Gasteiger partial charge >= 0.3 is 18.2 Å². The van der Waals surface area contributed by atoms with Crippen molar-refractivity contribution in [1.29, 1.82) is 0 Å². The van der Waals surface area contributed by atoms with Crippen LogP contribution in [0.15, 0.2) is 42.0 Å². The number of carbonyl (C=O) groups excluding carboxylic acids is 2. The van der Waals surface area contributed by atoms with E-state index in [0.717, 1.165) is 42.1 Å². The van der Waals surface area contributed by atoms with Crippen LogP contribution in [0.3, 0.4) is 0 Å². The number of hydrogen-bond acceptors (Lipinski definition) is 9. The van der Waals surface area contributed by atoms with E-state index in [1.165, 1.54) is 11.6 Å². The van der Waals surface area contributed by atoms with Gasteiger partial charge in [0.15, 0.2) is 11.5 Å². The molecular formula is C24H23F4N7O4S. The van der Waals surface area contributed by atoms with E-state index in [-0.39, 0.29) is 29.0 Å². The van der Waals surface area contributed by atoms with E-state index in [4.69, 9.17) is 0 Å². The summed E-state index contributed by atoms with van der Waals surface area (Å²) in [6.45, 7) is 3.06. The van der Waals surface area contributed by atoms with Crippen molar-refractivity contribution >= 4 is 40.6 Å². The number of carbonyl (C=O) groups is 2. The SMILES string of the molecule is CN1CCN(C(=O)Nc2cc(CNc3ncsc3C(=O)Nc3ccc4c(c3)OC(F)(F)C(F)(F)O4)ccn2)CC1. The minimum atomic E-state index is -4.88. The highest BCUT2D eigenvalue weighted by Gasteiger charge is 2.65. The summed E-state index contributed by atoms with van der Waals surface area (Å²) in [5.41, 5.74) is 2.22. The van der Waals surface area contributed by atoms with Crippen molar-refractivity contribution in [3.8, 4) is 11.5 Å². The second-order valence-electron chi connectivity index (χ2n) is 9.01. The maximum atomic E-state index is 13.5. The third-order valence-corrected chi connectivity index (χ3v) is 6.93. The minimum Gasteiger partial charge on any atom is -0.421 e. The zero-order chi connectivity index (χ0) is 28.5. The van der Waals surface area contributed by atoms with Crippen molar-refractivity contribution in [3.63, 3.8) is 0 Å². The summed E-state index contributed by atoms with van der Waals surface area (Å²) in [4.78, 5) is 37.8. The van der Waals surface area contributed by atoms with Gasteiger partial charge in [0.2, 0.25) is 0 Å². The fraction of sp³-hybridized carbons (Fsp3) is 0.333. The van der Waals surface area contributed by atoms with Crippen LogP contribution in [0, 0.1) is 0 Å². The average Bonchev–Trinajstić information content (AvgIpc) is 3.37. The lowest BCUT2D eigenvalue weighted by Crippen LogP contribution is -2.52. The van der Waals surface area contributed by atoms with E-state index >= 15 is 0 Å². The first-order chi connectivity index (χ1) is 19.0. The average molecular weight is 582 g/mol. The van der Waals surface area contributed by atoms with Gasteiger partial charge in [-0.1, -0.05) is 0 Å². The highest BCUT2D eigenvalue weighted by molar-refractivity contribution is 7.12. The molecule has 1 fully saturated rings. The quantitative estimate of drug-likeness (QED) is 0.372. The van der Waals surface area contributed by atoms with E-state index in [1.807, 2.05) is 7.05 Å². The third kappa shape index (κ3) is 5.86. The molecule has 11 nitrogen and oxygen atoms in total. The van der Waals surface area contributed by atoms with Gasteiger partial charge in [0.25, 0.3) is 5.91 Å². The summed E-state index contributed by atoms with van der Waals surface area (Å²) in [5.74, 6) is -1.23. The van der Waals surface area contributed by atoms with Gasteiger partial charge in [0, 0.05) is 50.7 Å². The molecule has 3 aromatic rings. The molecule has 16 heteroatoms. The first-order valence-electron chi connectivity index (χ1n) is 12.0. The molecule has 0 bridgehead atoms. The molecule has 2 aliphatic heterocycles. The lowest BCUT2D eigenvalue weighted by Gasteiger charge is -2.32. The maximum absolute atomic E-state index is 13.5. The number of ether oxygens (including phenoxy) is 2. The Morgan fingerprint density at radius 1 is 0.975 bits per heavy atom. The largest absolute Gasteiger partial charge is 0.507 e. The van der Waals surface area contributed by atoms with Gasteiger partial charge in [-0.3, -0.25) is 10.1 Å². The van der Waals surface area contributed by atoms with Gasteiger partial charge < -0.3 is 29.9 Å². The summed E-state index contributed by atoms with van der Waals surface area (Å²) >= 11 is 1.03. The molecule has 2 aliphatic rings. The number of nitrogens with zero attached hydrogens (tertiary/aromatic N) is 4. The Morgan fingerprint density at radius 3 is 2.45 bits per heavy atom. The number of anilines is 3. The topological polar surface area (TPSA) is 121 Å². The number of likely N-dealkylation sites (N-methyl/N-ethyl adjacent to an activating group) is 1. The molecule has 3 amide bonds. The molecule has 1 aromatic carbocycles. The van der Waals surface area contributed by atoms with Gasteiger partial charge in [-0.2, -0.15) is 17.6 Å². The Kier molecular flexibility index (Phi) is 7.37. The van der Waals surface area contributed by atoms with Crippen LogP contribution in [0.1, 0.15) is 15.2 Å². The fourth-order valence-electron chi connectivity index (χ4n) is 3.90. The first kappa shape index (κ1) is 27.4. The highest BCUT2D eigenvalue weighted by atomic mass is 32.1. The molecule has 0 aliphatic carbocycles. The molecule has 2 aromatic heterocycles. The van der Waals surface area contributed by atoms with Crippen LogP contribution in [0.2, 0.25) is 0 Å². The predicted octanol–water partition coefficient (Wildman–Crippen LogP) is 4.14. The molecule has 5 rings (SSSR count). The van der Waals surface area contributed by atoms with Gasteiger partial charge in [-0.05, 0) is 36.9 Å². The standard InChI is InChI=1S/C24H23F4N7O4S/c1-34-6-8-35(9-7-34)22(37)33-18-10-14(4-5-29-18)12-30-20-19(40-13-31-20)21(36)32-15-2-3-16-17(11-15)39-24(27,28)23(25,26)38-16/h2-5,10-11,13,30H,6-9,12H2,1H3,(H,32,36)(H,29,33,37). The van der Waals surface area contributed by atoms with Crippen LogP contribution in [0.5, 0.6) is 11.5 Å². The second kappa shape index (κ2) is 10.8. The molecule has 0 unspecified atom stereocenters.